The van der Waals surface area contributed by atoms with E-state index in [4.69, 9.17) is 18.9 Å². The minimum atomic E-state index is -1.11. The minimum absolute atomic E-state index is 0.00479. The van der Waals surface area contributed by atoms with Crippen LogP contribution in [-0.4, -0.2) is 153 Å². The number of piperidine rings is 1. The van der Waals surface area contributed by atoms with Gasteiger partial charge in [-0.3, -0.25) is 43.8 Å². The summed E-state index contributed by atoms with van der Waals surface area (Å²) in [5.41, 5.74) is 3.73. The van der Waals surface area contributed by atoms with Crippen molar-refractivity contribution in [2.45, 2.75) is 56.4 Å². The van der Waals surface area contributed by atoms with Gasteiger partial charge < -0.3 is 50.0 Å². The standard InChI is InChI=1S/C50H60N10O11S/c1-33-31-53-50(57-46(33)54-35-6-2-7-37(72)30-35)55-34-10-12-36(13-11-34)58-20-22-59(23-21-58)44(64)17-16-41(61)51-18-4-24-68-26-28-70-29-27-69-25-5-19-52-43(63)32-71-40-9-3-8-38-45(40)49(67)60(48(38)66)39-14-15-42(62)56-47(39)65/h2-3,6-13,30-31,39,72H,4-5,14-29,32H2,1H3,(H,51,61)(H,52,63)(H,56,62,65)(H2,53,54,55,57). The Balaban J connectivity index is 0.652. The molecule has 382 valence electrons. The summed E-state index contributed by atoms with van der Waals surface area (Å²) in [7, 11) is 0. The molecule has 21 nitrogen and oxygen atoms in total. The molecule has 1 unspecified atom stereocenters. The average Bonchev–Trinajstić information content (AvgIpc) is 3.63. The maximum absolute atomic E-state index is 13.2. The van der Waals surface area contributed by atoms with Crippen molar-refractivity contribution in [1.82, 2.24) is 35.7 Å². The number of fused-ring (bicyclic) bond motifs is 1. The number of ether oxygens (including phenoxy) is 4. The average molecular weight is 1010 g/mol. The molecule has 3 aliphatic heterocycles. The number of rotatable bonds is 26. The van der Waals surface area contributed by atoms with E-state index in [-0.39, 0.29) is 54.4 Å². The van der Waals surface area contributed by atoms with Gasteiger partial charge in [0, 0.05) is 105 Å². The number of aromatic nitrogens is 2. The largest absolute Gasteiger partial charge is 0.483 e. The number of piperazine rings is 1. The number of hydrogen-bond donors (Lipinski definition) is 6. The van der Waals surface area contributed by atoms with Gasteiger partial charge in [0.2, 0.25) is 29.6 Å². The third-order valence-corrected chi connectivity index (χ3v) is 12.2. The molecule has 5 N–H and O–H groups in total. The van der Waals surface area contributed by atoms with E-state index in [0.29, 0.717) is 104 Å². The van der Waals surface area contributed by atoms with Crippen LogP contribution in [0.2, 0.25) is 0 Å². The number of nitrogens with one attached hydrogen (secondary N) is 5. The van der Waals surface area contributed by atoms with E-state index >= 15 is 0 Å². The van der Waals surface area contributed by atoms with Crippen molar-refractivity contribution in [3.8, 4) is 5.75 Å². The predicted octanol–water partition coefficient (Wildman–Crippen LogP) is 3.53. The second-order valence-corrected chi connectivity index (χ2v) is 17.6. The summed E-state index contributed by atoms with van der Waals surface area (Å²) in [5, 5.41) is 14.3. The molecule has 2 fully saturated rings. The Morgan fingerprint density at radius 2 is 1.44 bits per heavy atom. The molecular weight excluding hydrogens is 949 g/mol. The summed E-state index contributed by atoms with van der Waals surface area (Å²) in [4.78, 5) is 103. The predicted molar refractivity (Wildman–Crippen MR) is 268 cm³/mol. The molecule has 0 bridgehead atoms. The van der Waals surface area contributed by atoms with Gasteiger partial charge in [0.25, 0.3) is 17.7 Å². The zero-order chi connectivity index (χ0) is 50.8. The molecule has 4 aromatic rings. The fourth-order valence-corrected chi connectivity index (χ4v) is 8.28. The topological polar surface area (TPSA) is 252 Å². The Bertz CT molecular complexity index is 2580. The molecule has 3 aliphatic rings. The van der Waals surface area contributed by atoms with E-state index in [1.165, 1.54) is 18.2 Å². The van der Waals surface area contributed by atoms with Gasteiger partial charge in [-0.1, -0.05) is 12.1 Å². The summed E-state index contributed by atoms with van der Waals surface area (Å²) < 4.78 is 22.3. The van der Waals surface area contributed by atoms with Crippen molar-refractivity contribution in [1.29, 1.82) is 0 Å². The van der Waals surface area contributed by atoms with Gasteiger partial charge in [0.1, 0.15) is 17.6 Å². The van der Waals surface area contributed by atoms with Crippen molar-refractivity contribution in [3.63, 3.8) is 0 Å². The summed E-state index contributed by atoms with van der Waals surface area (Å²) in [6, 6.07) is 19.1. The van der Waals surface area contributed by atoms with Crippen LogP contribution in [0.15, 0.2) is 77.8 Å². The fourth-order valence-electron chi connectivity index (χ4n) is 8.06. The second kappa shape index (κ2) is 26.3. The van der Waals surface area contributed by atoms with Crippen LogP contribution < -0.4 is 36.2 Å². The number of carbonyl (C=O) groups excluding carboxylic acids is 7. The first kappa shape index (κ1) is 52.7. The van der Waals surface area contributed by atoms with Gasteiger partial charge in [-0.05, 0) is 80.8 Å². The molecule has 4 heterocycles. The number of benzene rings is 3. The van der Waals surface area contributed by atoms with Gasteiger partial charge >= 0.3 is 0 Å². The van der Waals surface area contributed by atoms with Crippen molar-refractivity contribution in [2.24, 2.45) is 0 Å². The maximum Gasteiger partial charge on any atom is 0.266 e. The monoisotopic (exact) mass is 1010 g/mol. The van der Waals surface area contributed by atoms with Crippen LogP contribution >= 0.6 is 12.6 Å². The van der Waals surface area contributed by atoms with Gasteiger partial charge in [-0.2, -0.15) is 4.98 Å². The van der Waals surface area contributed by atoms with Crippen LogP contribution in [0.3, 0.4) is 0 Å². The number of thiol groups is 1. The van der Waals surface area contributed by atoms with Crippen LogP contribution in [0, 0.1) is 6.92 Å². The van der Waals surface area contributed by atoms with Crippen LogP contribution in [-0.2, 0) is 38.2 Å². The highest BCUT2D eigenvalue weighted by Crippen LogP contribution is 2.34. The first-order chi connectivity index (χ1) is 34.9. The fraction of sp³-hybridized carbons (Fsp3) is 0.420. The van der Waals surface area contributed by atoms with E-state index in [2.05, 4.69) is 54.1 Å². The Kier molecular flexibility index (Phi) is 19.3. The third kappa shape index (κ3) is 14.9. The van der Waals surface area contributed by atoms with Gasteiger partial charge in [-0.15, -0.1) is 12.6 Å². The van der Waals surface area contributed by atoms with Crippen molar-refractivity contribution in [2.75, 3.05) is 101 Å². The zero-order valence-corrected chi connectivity index (χ0v) is 41.0. The van der Waals surface area contributed by atoms with Crippen molar-refractivity contribution in [3.05, 3.63) is 89.6 Å². The lowest BCUT2D eigenvalue weighted by molar-refractivity contribution is -0.136. The number of carbonyl (C=O) groups is 7. The van der Waals surface area contributed by atoms with Crippen LogP contribution in [0.4, 0.5) is 28.8 Å². The highest BCUT2D eigenvalue weighted by molar-refractivity contribution is 7.80. The van der Waals surface area contributed by atoms with E-state index in [9.17, 15) is 33.6 Å². The Hall–Kier alpha value is -7.14. The normalized spacial score (nSPS) is 15.5. The summed E-state index contributed by atoms with van der Waals surface area (Å²) in [6.45, 7) is 7.15. The number of aryl methyl sites for hydroxylation is 1. The zero-order valence-electron chi connectivity index (χ0n) is 40.1. The second-order valence-electron chi connectivity index (χ2n) is 17.1. The number of amides is 7. The summed E-state index contributed by atoms with van der Waals surface area (Å²) >= 11 is 4.41. The van der Waals surface area contributed by atoms with Crippen molar-refractivity contribution < 1.29 is 52.5 Å². The SMILES string of the molecule is Cc1cnc(Nc2ccc(N3CCN(C(=O)CCC(=O)NCCCOCCOCCOCCCNC(=O)COc4cccc5c4C(=O)N(C4CCC(=O)NC4=O)C5=O)CC3)cc2)nc1Nc1cccc(S)c1. The maximum atomic E-state index is 13.2. The smallest absolute Gasteiger partial charge is 0.266 e. The number of imide groups is 2. The first-order valence-corrected chi connectivity index (χ1v) is 24.4. The van der Waals surface area contributed by atoms with Crippen LogP contribution in [0.5, 0.6) is 5.75 Å². The number of anilines is 5. The molecular formula is C50H60N10O11S. The van der Waals surface area contributed by atoms with Crippen LogP contribution in [0.1, 0.15) is 64.8 Å². The van der Waals surface area contributed by atoms with Gasteiger partial charge in [-0.25, -0.2) is 4.98 Å². The molecule has 22 heteroatoms. The minimum Gasteiger partial charge on any atom is -0.483 e. The molecule has 3 aromatic carbocycles. The lowest BCUT2D eigenvalue weighted by Gasteiger charge is -2.36. The van der Waals surface area contributed by atoms with E-state index in [0.717, 1.165) is 32.4 Å². The highest BCUT2D eigenvalue weighted by atomic mass is 32.1. The van der Waals surface area contributed by atoms with E-state index in [1.807, 2.05) is 60.4 Å². The summed E-state index contributed by atoms with van der Waals surface area (Å²) in [6.07, 6.45) is 3.24. The molecule has 2 saturated heterocycles. The van der Waals surface area contributed by atoms with Gasteiger partial charge in [0.05, 0.1) is 37.6 Å². The molecule has 1 atom stereocenters. The van der Waals surface area contributed by atoms with Crippen LogP contribution in [0.25, 0.3) is 0 Å². The molecule has 7 amide bonds. The van der Waals surface area contributed by atoms with Gasteiger partial charge in [0.15, 0.2) is 6.61 Å². The Labute approximate surface area is 422 Å². The molecule has 0 spiro atoms. The molecule has 1 aromatic heterocycles. The highest BCUT2D eigenvalue weighted by Gasteiger charge is 2.46. The molecule has 0 radical (unpaired) electrons. The number of hydrogen-bond acceptors (Lipinski definition) is 17. The molecule has 72 heavy (non-hydrogen) atoms. The first-order valence-electron chi connectivity index (χ1n) is 24.0. The molecule has 0 aliphatic carbocycles. The Morgan fingerprint density at radius 1 is 0.764 bits per heavy atom. The van der Waals surface area contributed by atoms with E-state index < -0.39 is 42.2 Å². The lowest BCUT2D eigenvalue weighted by Crippen LogP contribution is -2.54. The number of nitrogens with zero attached hydrogens (tertiary/aromatic N) is 5. The molecule has 0 saturated carbocycles. The Morgan fingerprint density at radius 3 is 2.14 bits per heavy atom. The third-order valence-electron chi connectivity index (χ3n) is 11.9. The summed E-state index contributed by atoms with van der Waals surface area (Å²) in [5.74, 6) is -1.98. The van der Waals surface area contributed by atoms with Crippen molar-refractivity contribution >= 4 is 82.8 Å². The lowest BCUT2D eigenvalue weighted by atomic mass is 10.0. The van der Waals surface area contributed by atoms with E-state index in [1.54, 1.807) is 6.20 Å². The quantitative estimate of drug-likeness (QED) is 0.0299. The molecule has 7 rings (SSSR count).